The van der Waals surface area contributed by atoms with Crippen LogP contribution in [0.1, 0.15) is 0 Å². The average molecular weight is 390 g/mol. The highest BCUT2D eigenvalue weighted by Crippen LogP contribution is 2.28. The molecule has 24 heavy (non-hydrogen) atoms. The molecule has 2 aromatic rings. The first kappa shape index (κ1) is 18.4. The van der Waals surface area contributed by atoms with E-state index in [0.717, 1.165) is 0 Å². The normalized spacial score (nSPS) is 10.5. The molecule has 5 nitrogen and oxygen atoms in total. The molecule has 0 heterocycles. The van der Waals surface area contributed by atoms with Crippen LogP contribution in [0, 0.1) is 10.1 Å². The van der Waals surface area contributed by atoms with Crippen molar-refractivity contribution in [2.24, 2.45) is 0 Å². The standard InChI is InChI=1S/C14H10ClF2N3O2S2/c15-11-6-3-9(7-12(11)20(21)22)19-14(23)18-8-1-4-10(5-2-8)24-13(16)17/h1-7,13H,(H2,18,19,23). The lowest BCUT2D eigenvalue weighted by Crippen LogP contribution is -2.19. The van der Waals surface area contributed by atoms with Gasteiger partial charge in [0.15, 0.2) is 5.11 Å². The molecule has 0 atom stereocenters. The molecule has 2 N–H and O–H groups in total. The maximum atomic E-state index is 12.3. The summed E-state index contributed by atoms with van der Waals surface area (Å²) in [4.78, 5) is 10.7. The number of thioether (sulfide) groups is 1. The Morgan fingerprint density at radius 2 is 1.75 bits per heavy atom. The van der Waals surface area contributed by atoms with Gasteiger partial charge in [-0.1, -0.05) is 23.4 Å². The van der Waals surface area contributed by atoms with Crippen molar-refractivity contribution < 1.29 is 13.7 Å². The van der Waals surface area contributed by atoms with Gasteiger partial charge in [-0.15, -0.1) is 0 Å². The van der Waals surface area contributed by atoms with Crippen LogP contribution in [0.25, 0.3) is 0 Å². The van der Waals surface area contributed by atoms with Gasteiger partial charge in [0.05, 0.1) is 4.92 Å². The van der Waals surface area contributed by atoms with Gasteiger partial charge in [0.1, 0.15) is 5.02 Å². The van der Waals surface area contributed by atoms with Crippen molar-refractivity contribution in [1.82, 2.24) is 0 Å². The summed E-state index contributed by atoms with van der Waals surface area (Å²) in [6.07, 6.45) is 0. The fourth-order valence-corrected chi connectivity index (χ4v) is 2.66. The van der Waals surface area contributed by atoms with Gasteiger partial charge < -0.3 is 10.6 Å². The fourth-order valence-electron chi connectivity index (χ4n) is 1.74. The van der Waals surface area contributed by atoms with Crippen LogP contribution in [0.15, 0.2) is 47.4 Å². The number of nitro groups is 1. The first-order chi connectivity index (χ1) is 11.3. The van der Waals surface area contributed by atoms with Crippen molar-refractivity contribution in [3.05, 3.63) is 57.6 Å². The third kappa shape index (κ3) is 5.29. The van der Waals surface area contributed by atoms with Crippen LogP contribution in [0.4, 0.5) is 25.8 Å². The molecule has 0 unspecified atom stereocenters. The molecule has 2 aromatic carbocycles. The van der Waals surface area contributed by atoms with E-state index in [1.54, 1.807) is 18.2 Å². The summed E-state index contributed by atoms with van der Waals surface area (Å²) in [5.41, 5.74) is 0.751. The van der Waals surface area contributed by atoms with Crippen molar-refractivity contribution in [2.45, 2.75) is 10.7 Å². The number of nitrogens with zero attached hydrogens (tertiary/aromatic N) is 1. The Hall–Kier alpha value is -1.97. The van der Waals surface area contributed by atoms with Crippen molar-refractivity contribution in [3.63, 3.8) is 0 Å². The van der Waals surface area contributed by atoms with Gasteiger partial charge in [0, 0.05) is 22.3 Å². The van der Waals surface area contributed by atoms with Crippen molar-refractivity contribution in [1.29, 1.82) is 0 Å². The molecule has 0 aliphatic rings. The number of hydrogen-bond donors (Lipinski definition) is 2. The number of alkyl halides is 2. The van der Waals surface area contributed by atoms with E-state index in [-0.39, 0.29) is 15.8 Å². The Labute approximate surface area is 150 Å². The second-order valence-electron chi connectivity index (χ2n) is 4.41. The average Bonchev–Trinajstić information content (AvgIpc) is 2.50. The maximum Gasteiger partial charge on any atom is 0.289 e. The summed E-state index contributed by atoms with van der Waals surface area (Å²) in [6, 6.07) is 10.5. The van der Waals surface area contributed by atoms with E-state index in [1.165, 1.54) is 24.3 Å². The molecule has 10 heteroatoms. The number of nitro benzene ring substituents is 1. The predicted octanol–water partition coefficient (Wildman–Crippen LogP) is 5.37. The summed E-state index contributed by atoms with van der Waals surface area (Å²) in [7, 11) is 0. The van der Waals surface area contributed by atoms with E-state index in [0.29, 0.717) is 28.0 Å². The van der Waals surface area contributed by atoms with E-state index in [9.17, 15) is 18.9 Å². The molecule has 0 saturated heterocycles. The highest BCUT2D eigenvalue weighted by molar-refractivity contribution is 7.99. The smallest absolute Gasteiger partial charge is 0.289 e. The number of halogens is 3. The van der Waals surface area contributed by atoms with Crippen molar-refractivity contribution >= 4 is 57.8 Å². The predicted molar refractivity (Wildman–Crippen MR) is 96.3 cm³/mol. The van der Waals surface area contributed by atoms with Crippen molar-refractivity contribution in [3.8, 4) is 0 Å². The Morgan fingerprint density at radius 1 is 1.17 bits per heavy atom. The monoisotopic (exact) mass is 389 g/mol. The maximum absolute atomic E-state index is 12.3. The molecule has 0 saturated carbocycles. The fraction of sp³-hybridized carbons (Fsp3) is 0.0714. The van der Waals surface area contributed by atoms with Gasteiger partial charge in [-0.25, -0.2) is 0 Å². The van der Waals surface area contributed by atoms with Crippen molar-refractivity contribution in [2.75, 3.05) is 10.6 Å². The Kier molecular flexibility index (Phi) is 6.29. The van der Waals surface area contributed by atoms with Gasteiger partial charge in [0.25, 0.3) is 11.4 Å². The minimum absolute atomic E-state index is 0.0246. The Balaban J connectivity index is 2.00. The molecule has 0 fully saturated rings. The van der Waals surface area contributed by atoms with Crippen LogP contribution < -0.4 is 10.6 Å². The van der Waals surface area contributed by atoms with Crippen LogP contribution in [0.2, 0.25) is 5.02 Å². The third-order valence-electron chi connectivity index (χ3n) is 2.74. The van der Waals surface area contributed by atoms with Gasteiger partial charge in [-0.05, 0) is 48.6 Å². The SMILES string of the molecule is O=[N+]([O-])c1cc(NC(=S)Nc2ccc(SC(F)F)cc2)ccc1Cl. The molecule has 126 valence electrons. The molecule has 0 spiro atoms. The molecule has 2 rings (SSSR count). The van der Waals surface area contributed by atoms with Crippen LogP contribution in [0.5, 0.6) is 0 Å². The summed E-state index contributed by atoms with van der Waals surface area (Å²) >= 11 is 11.3. The van der Waals surface area contributed by atoms with Gasteiger partial charge >= 0.3 is 0 Å². The molecular weight excluding hydrogens is 380 g/mol. The molecular formula is C14H10ClF2N3O2S2. The van der Waals surface area contributed by atoms with E-state index < -0.39 is 10.7 Å². The van der Waals surface area contributed by atoms with E-state index in [1.807, 2.05) is 0 Å². The lowest BCUT2D eigenvalue weighted by Gasteiger charge is -2.11. The molecule has 0 aliphatic heterocycles. The largest absolute Gasteiger partial charge is 0.332 e. The summed E-state index contributed by atoms with van der Waals surface area (Å²) in [6.45, 7) is 0. The summed E-state index contributed by atoms with van der Waals surface area (Å²) in [5, 5.41) is 16.7. The number of anilines is 2. The lowest BCUT2D eigenvalue weighted by atomic mass is 10.3. The second kappa shape index (κ2) is 8.22. The highest BCUT2D eigenvalue weighted by Gasteiger charge is 2.13. The number of rotatable bonds is 5. The zero-order valence-electron chi connectivity index (χ0n) is 11.8. The Bertz CT molecular complexity index is 760. The topological polar surface area (TPSA) is 67.2 Å². The number of hydrogen-bond acceptors (Lipinski definition) is 4. The quantitative estimate of drug-likeness (QED) is 0.310. The van der Waals surface area contributed by atoms with Crippen LogP contribution >= 0.6 is 35.6 Å². The molecule has 0 bridgehead atoms. The lowest BCUT2D eigenvalue weighted by molar-refractivity contribution is -0.384. The van der Waals surface area contributed by atoms with Gasteiger partial charge in [0.2, 0.25) is 0 Å². The van der Waals surface area contributed by atoms with E-state index >= 15 is 0 Å². The number of benzene rings is 2. The second-order valence-corrected chi connectivity index (χ2v) is 6.28. The zero-order valence-corrected chi connectivity index (χ0v) is 14.2. The zero-order chi connectivity index (χ0) is 17.7. The first-order valence-corrected chi connectivity index (χ1v) is 8.08. The molecule has 0 aliphatic carbocycles. The molecule has 0 aromatic heterocycles. The highest BCUT2D eigenvalue weighted by atomic mass is 35.5. The van der Waals surface area contributed by atoms with E-state index in [2.05, 4.69) is 10.6 Å². The first-order valence-electron chi connectivity index (χ1n) is 6.42. The Morgan fingerprint density at radius 3 is 2.33 bits per heavy atom. The number of thiocarbonyl (C=S) groups is 1. The minimum atomic E-state index is -2.48. The van der Waals surface area contributed by atoms with E-state index in [4.69, 9.17) is 23.8 Å². The number of nitrogens with one attached hydrogen (secondary N) is 2. The summed E-state index contributed by atoms with van der Waals surface area (Å²) < 4.78 is 24.5. The van der Waals surface area contributed by atoms with Crippen LogP contribution in [0.3, 0.4) is 0 Å². The third-order valence-corrected chi connectivity index (χ3v) is 3.98. The summed E-state index contributed by atoms with van der Waals surface area (Å²) in [5.74, 6) is -2.48. The van der Waals surface area contributed by atoms with Gasteiger partial charge in [-0.3, -0.25) is 10.1 Å². The van der Waals surface area contributed by atoms with Crippen LogP contribution in [-0.4, -0.2) is 15.8 Å². The minimum Gasteiger partial charge on any atom is -0.332 e. The molecule has 0 amide bonds. The molecule has 0 radical (unpaired) electrons. The van der Waals surface area contributed by atoms with Gasteiger partial charge in [-0.2, -0.15) is 8.78 Å². The van der Waals surface area contributed by atoms with Crippen LogP contribution in [-0.2, 0) is 0 Å².